The van der Waals surface area contributed by atoms with Gasteiger partial charge in [-0.05, 0) is 280 Å². The summed E-state index contributed by atoms with van der Waals surface area (Å²) in [5, 5.41) is 38.3. The minimum Gasteiger partial charge on any atom is -0.265 e. The zero-order chi connectivity index (χ0) is 84.0. The first-order valence-electron chi connectivity index (χ1n) is 44.0. The maximum atomic E-state index is 5.67. The number of fused-ring (bicyclic) bond motifs is 31. The van der Waals surface area contributed by atoms with Gasteiger partial charge in [0.05, 0.1) is 27.9 Å². The molecule has 4 aromatic heterocycles. The standard InChI is InChI=1S/C64H38N2.C60H36N2/c1-3-17-48-44(13-1)46-15-5-7-19-50(46)59-35-41(29-31-53(48)59)58-38-63(42-30-32-54-49-18-4-2-14-45(49)47-16-6-8-20-51(47)60(54)36-42)66-64-56-23-10-9-21-52(56)57(37-61(58)64)40-27-25-39(26-28-40)43-33-34-65-62-24-12-11-22-55(43)62;1-3-15-46-42(11-1)44-13-5-7-17-48(44)56-33-40(25-27-51(46)56)55-36-59(41-26-28-52-47-16-4-2-12-43(47)45-14-6-8-18-49(45)57(52)34-41)62-60-53-20-10-9-19-50(53)54(35-58(55)60)39-23-21-37(22-24-39)38-29-31-61-32-30-38/h1-38H;1-36H. The van der Waals surface area contributed by atoms with Crippen molar-refractivity contribution < 1.29 is 0 Å². The van der Waals surface area contributed by atoms with Crippen molar-refractivity contribution >= 4 is 184 Å². The second kappa shape index (κ2) is 29.4. The minimum atomic E-state index is 0.951. The number of pyridine rings is 4. The van der Waals surface area contributed by atoms with Gasteiger partial charge in [-0.2, -0.15) is 0 Å². The van der Waals surface area contributed by atoms with Crippen molar-refractivity contribution in [2.45, 2.75) is 0 Å². The molecule has 0 unspecified atom stereocenters. The van der Waals surface area contributed by atoms with E-state index in [0.717, 1.165) is 99.4 Å². The monoisotopic (exact) mass is 1620 g/mol. The number of rotatable bonds is 8. The molecular formula is C124H74N4. The van der Waals surface area contributed by atoms with Crippen LogP contribution in [0, 0.1) is 0 Å². The van der Waals surface area contributed by atoms with Crippen molar-refractivity contribution in [2.24, 2.45) is 0 Å². The van der Waals surface area contributed by atoms with E-state index in [1.807, 2.05) is 24.7 Å². The van der Waals surface area contributed by atoms with Gasteiger partial charge in [0.25, 0.3) is 0 Å². The number of nitrogens with zero attached hydrogens (tertiary/aromatic N) is 4. The van der Waals surface area contributed by atoms with Crippen LogP contribution >= 0.6 is 0 Å². The summed E-state index contributed by atoms with van der Waals surface area (Å²) in [7, 11) is 0. The Balaban J connectivity index is 0.000000136. The normalized spacial score (nSPS) is 11.9. The molecule has 0 N–H and O–H groups in total. The van der Waals surface area contributed by atoms with Gasteiger partial charge < -0.3 is 0 Å². The number of aromatic nitrogens is 4. The lowest BCUT2D eigenvalue weighted by molar-refractivity contribution is 1.33. The van der Waals surface area contributed by atoms with Crippen LogP contribution in [0.15, 0.2) is 449 Å². The molecular weight excluding hydrogens is 1550 g/mol. The van der Waals surface area contributed by atoms with Gasteiger partial charge in [-0.25, -0.2) is 9.97 Å². The van der Waals surface area contributed by atoms with Gasteiger partial charge >= 0.3 is 0 Å². The average Bonchev–Trinajstić information content (AvgIpc) is 0.812. The molecule has 0 fully saturated rings. The molecule has 0 atom stereocenters. The molecule has 4 heterocycles. The molecule has 0 aliphatic carbocycles. The molecule has 590 valence electrons. The molecule has 4 heteroatoms. The maximum Gasteiger partial charge on any atom is 0.0794 e. The van der Waals surface area contributed by atoms with Crippen LogP contribution in [0.5, 0.6) is 0 Å². The van der Waals surface area contributed by atoms with Crippen LogP contribution < -0.4 is 0 Å². The van der Waals surface area contributed by atoms with Crippen LogP contribution in [0.25, 0.3) is 273 Å². The number of hydrogen-bond donors (Lipinski definition) is 0. The number of benzene rings is 23. The summed E-state index contributed by atoms with van der Waals surface area (Å²) >= 11 is 0. The van der Waals surface area contributed by atoms with Gasteiger partial charge in [0.15, 0.2) is 0 Å². The van der Waals surface area contributed by atoms with Gasteiger partial charge in [0.2, 0.25) is 0 Å². The quantitative estimate of drug-likeness (QED) is 0.142. The summed E-state index contributed by atoms with van der Waals surface area (Å²) in [5.41, 5.74) is 21.1. The van der Waals surface area contributed by atoms with Crippen molar-refractivity contribution in [1.29, 1.82) is 0 Å². The van der Waals surface area contributed by atoms with E-state index in [2.05, 4.69) is 435 Å². The Kier molecular flexibility index (Phi) is 16.7. The van der Waals surface area contributed by atoms with Crippen LogP contribution in [0.1, 0.15) is 0 Å². The summed E-state index contributed by atoms with van der Waals surface area (Å²) in [6.45, 7) is 0. The third-order valence-corrected chi connectivity index (χ3v) is 27.2. The van der Waals surface area contributed by atoms with Gasteiger partial charge in [-0.3, -0.25) is 9.97 Å². The lowest BCUT2D eigenvalue weighted by Crippen LogP contribution is -1.94. The molecule has 4 nitrogen and oxygen atoms in total. The van der Waals surface area contributed by atoms with E-state index in [1.54, 1.807) is 0 Å². The fourth-order valence-electron chi connectivity index (χ4n) is 21.2. The second-order valence-corrected chi connectivity index (χ2v) is 34.0. The van der Waals surface area contributed by atoms with Crippen LogP contribution in [-0.2, 0) is 0 Å². The van der Waals surface area contributed by atoms with Crippen LogP contribution in [-0.4, -0.2) is 19.9 Å². The SMILES string of the molecule is c1ccc2c(-c3ccc(-c4cc5c(-c6ccc7c8ccccc8c8ccccc8c7c6)cc(-c6ccc7c8ccccc8c8ccccc8c7c6)nc5c5ccccc45)cc3)ccnc2c1.c1ccc2c(c1)c(-c1ccc(-c3ccncc3)cc1)cc1c(-c3ccc4c5ccccc5c5ccccc5c4c3)cc(-c3ccc4c5ccccc5c5ccccc5c4c3)nc12. The Morgan fingerprint density at radius 1 is 0.125 bits per heavy atom. The molecule has 0 saturated carbocycles. The van der Waals surface area contributed by atoms with Crippen molar-refractivity contribution in [2.75, 3.05) is 0 Å². The minimum absolute atomic E-state index is 0.951. The fourth-order valence-corrected chi connectivity index (χ4v) is 21.2. The first kappa shape index (κ1) is 72.7. The van der Waals surface area contributed by atoms with E-state index in [1.165, 1.54) is 173 Å². The Hall–Kier alpha value is -16.9. The third-order valence-electron chi connectivity index (χ3n) is 27.2. The van der Waals surface area contributed by atoms with E-state index in [9.17, 15) is 0 Å². The highest BCUT2D eigenvalue weighted by Crippen LogP contribution is 2.49. The number of hydrogen-bond acceptors (Lipinski definition) is 4. The van der Waals surface area contributed by atoms with Crippen LogP contribution in [0.2, 0.25) is 0 Å². The predicted octanol–water partition coefficient (Wildman–Crippen LogP) is 33.9. The fraction of sp³-hybridized carbons (Fsp3) is 0. The molecule has 27 aromatic rings. The van der Waals surface area contributed by atoms with E-state index < -0.39 is 0 Å². The van der Waals surface area contributed by atoms with Gasteiger partial charge in [0, 0.05) is 56.6 Å². The molecule has 23 aromatic carbocycles. The summed E-state index contributed by atoms with van der Waals surface area (Å²) in [4.78, 5) is 20.2. The summed E-state index contributed by atoms with van der Waals surface area (Å²) in [6, 6.07) is 158. The van der Waals surface area contributed by atoms with E-state index in [4.69, 9.17) is 9.97 Å². The molecule has 0 bridgehead atoms. The van der Waals surface area contributed by atoms with Crippen molar-refractivity contribution in [3.63, 3.8) is 0 Å². The highest BCUT2D eigenvalue weighted by Gasteiger charge is 2.24. The second-order valence-electron chi connectivity index (χ2n) is 34.0. The van der Waals surface area contributed by atoms with Crippen LogP contribution in [0.4, 0.5) is 0 Å². The Morgan fingerprint density at radius 2 is 0.359 bits per heavy atom. The smallest absolute Gasteiger partial charge is 0.0794 e. The Morgan fingerprint density at radius 3 is 0.695 bits per heavy atom. The molecule has 128 heavy (non-hydrogen) atoms. The molecule has 0 aliphatic rings. The van der Waals surface area contributed by atoms with Crippen molar-refractivity contribution in [3.8, 4) is 89.3 Å². The number of para-hydroxylation sites is 1. The largest absolute Gasteiger partial charge is 0.265 e. The average molecular weight is 1620 g/mol. The molecule has 0 amide bonds. The van der Waals surface area contributed by atoms with Crippen LogP contribution in [0.3, 0.4) is 0 Å². The van der Waals surface area contributed by atoms with Crippen molar-refractivity contribution in [1.82, 2.24) is 19.9 Å². The van der Waals surface area contributed by atoms with Crippen molar-refractivity contribution in [3.05, 3.63) is 449 Å². The molecule has 0 aliphatic heterocycles. The van der Waals surface area contributed by atoms with E-state index in [-0.39, 0.29) is 0 Å². The summed E-state index contributed by atoms with van der Waals surface area (Å²) < 4.78 is 0. The summed E-state index contributed by atoms with van der Waals surface area (Å²) in [6.07, 6.45) is 5.61. The third kappa shape index (κ3) is 11.7. The highest BCUT2D eigenvalue weighted by atomic mass is 14.7. The Bertz CT molecular complexity index is 9240. The van der Waals surface area contributed by atoms with Gasteiger partial charge in [-0.1, -0.05) is 358 Å². The van der Waals surface area contributed by atoms with Gasteiger partial charge in [0.1, 0.15) is 0 Å². The first-order chi connectivity index (χ1) is 63.5. The molecule has 0 saturated heterocycles. The topological polar surface area (TPSA) is 51.6 Å². The molecule has 0 radical (unpaired) electrons. The maximum absolute atomic E-state index is 5.67. The van der Waals surface area contributed by atoms with Gasteiger partial charge in [-0.15, -0.1) is 0 Å². The van der Waals surface area contributed by atoms with E-state index >= 15 is 0 Å². The predicted molar refractivity (Wildman–Crippen MR) is 545 cm³/mol. The Labute approximate surface area is 736 Å². The zero-order valence-electron chi connectivity index (χ0n) is 69.5. The molecule has 27 rings (SSSR count). The first-order valence-corrected chi connectivity index (χ1v) is 44.0. The lowest BCUT2D eigenvalue weighted by Gasteiger charge is -2.17. The highest BCUT2D eigenvalue weighted by molar-refractivity contribution is 6.31. The summed E-state index contributed by atoms with van der Waals surface area (Å²) in [5.74, 6) is 0. The molecule has 0 spiro atoms. The lowest BCUT2D eigenvalue weighted by atomic mass is 9.88. The zero-order valence-corrected chi connectivity index (χ0v) is 69.5. The van der Waals surface area contributed by atoms with E-state index in [0.29, 0.717) is 0 Å².